The van der Waals surface area contributed by atoms with Crippen LogP contribution in [0.5, 0.6) is 0 Å². The molecule has 2 atom stereocenters. The minimum atomic E-state index is -0.711. The molecule has 3 aromatic rings. The summed E-state index contributed by atoms with van der Waals surface area (Å²) in [5.41, 5.74) is 3.99. The summed E-state index contributed by atoms with van der Waals surface area (Å²) in [5.74, 6) is -1.62. The zero-order valence-corrected chi connectivity index (χ0v) is 20.1. The van der Waals surface area contributed by atoms with E-state index in [4.69, 9.17) is 5.10 Å². The number of halogens is 2. The van der Waals surface area contributed by atoms with E-state index in [1.807, 2.05) is 31.2 Å². The van der Waals surface area contributed by atoms with Gasteiger partial charge in [0, 0.05) is 18.5 Å². The van der Waals surface area contributed by atoms with Crippen LogP contribution in [-0.4, -0.2) is 33.0 Å². The number of carbonyl (C=O) groups excluding carboxylic acids is 2. The van der Waals surface area contributed by atoms with Gasteiger partial charge in [0.2, 0.25) is 5.91 Å². The maximum Gasteiger partial charge on any atom is 0.262 e. The van der Waals surface area contributed by atoms with Gasteiger partial charge in [0.15, 0.2) is 5.17 Å². The number of aryl methyl sites for hydroxylation is 1. The molecule has 1 N–H and O–H groups in total. The first-order chi connectivity index (χ1) is 17.4. The highest BCUT2D eigenvalue weighted by atomic mass is 32.2. The van der Waals surface area contributed by atoms with Crippen molar-refractivity contribution in [1.29, 1.82) is 0 Å². The number of amidine groups is 1. The van der Waals surface area contributed by atoms with E-state index in [1.54, 1.807) is 23.2 Å². The summed E-state index contributed by atoms with van der Waals surface area (Å²) in [4.78, 5) is 29.4. The number of carbonyl (C=O) groups is 2. The van der Waals surface area contributed by atoms with Gasteiger partial charge in [-0.3, -0.25) is 9.59 Å². The Morgan fingerprint density at radius 2 is 1.81 bits per heavy atom. The summed E-state index contributed by atoms with van der Waals surface area (Å²) in [6.07, 6.45) is 0.442. The van der Waals surface area contributed by atoms with E-state index in [0.717, 1.165) is 22.4 Å². The van der Waals surface area contributed by atoms with E-state index in [2.05, 4.69) is 10.3 Å². The number of hydrogen-bond acceptors (Lipinski definition) is 5. The number of benzene rings is 3. The van der Waals surface area contributed by atoms with Crippen molar-refractivity contribution in [2.24, 2.45) is 10.1 Å². The maximum absolute atomic E-state index is 13.5. The number of thioether (sulfide) groups is 1. The Labute approximate surface area is 211 Å². The van der Waals surface area contributed by atoms with Crippen LogP contribution in [0.15, 0.2) is 82.9 Å². The largest absolute Gasteiger partial charge is 0.326 e. The molecule has 0 saturated heterocycles. The molecular weight excluding hydrogens is 482 g/mol. The quantitative estimate of drug-likeness (QED) is 0.501. The van der Waals surface area contributed by atoms with Gasteiger partial charge in [-0.25, -0.2) is 13.8 Å². The molecule has 0 unspecified atom stereocenters. The summed E-state index contributed by atoms with van der Waals surface area (Å²) in [6.45, 7) is 2.01. The lowest BCUT2D eigenvalue weighted by atomic mass is 9.98. The van der Waals surface area contributed by atoms with Crippen LogP contribution in [-0.2, 0) is 9.59 Å². The van der Waals surface area contributed by atoms with E-state index in [0.29, 0.717) is 17.3 Å². The van der Waals surface area contributed by atoms with Crippen molar-refractivity contribution in [3.05, 3.63) is 101 Å². The zero-order valence-electron chi connectivity index (χ0n) is 19.3. The smallest absolute Gasteiger partial charge is 0.262 e. The van der Waals surface area contributed by atoms with Gasteiger partial charge in [-0.1, -0.05) is 59.8 Å². The van der Waals surface area contributed by atoms with Crippen LogP contribution in [0.3, 0.4) is 0 Å². The highest BCUT2D eigenvalue weighted by molar-refractivity contribution is 8.15. The Kier molecular flexibility index (Phi) is 6.65. The fourth-order valence-electron chi connectivity index (χ4n) is 4.10. The third-order valence-corrected chi connectivity index (χ3v) is 7.10. The molecule has 5 rings (SSSR count). The molecule has 182 valence electrons. The molecule has 2 amide bonds. The van der Waals surface area contributed by atoms with Gasteiger partial charge in [-0.05, 0) is 48.4 Å². The van der Waals surface area contributed by atoms with Gasteiger partial charge in [0.1, 0.15) is 16.9 Å². The molecule has 0 bridgehead atoms. The Bertz CT molecular complexity index is 1370. The monoisotopic (exact) mass is 504 g/mol. The minimum absolute atomic E-state index is 0.107. The maximum atomic E-state index is 13.5. The van der Waals surface area contributed by atoms with Crippen molar-refractivity contribution in [1.82, 2.24) is 5.01 Å². The number of amides is 2. The number of aliphatic imine (C=N–C) groups is 1. The average Bonchev–Trinajstić information content (AvgIpc) is 3.44. The van der Waals surface area contributed by atoms with Crippen molar-refractivity contribution < 1.29 is 18.4 Å². The highest BCUT2D eigenvalue weighted by Crippen LogP contribution is 2.38. The average molecular weight is 505 g/mol. The van der Waals surface area contributed by atoms with E-state index in [1.165, 1.54) is 42.1 Å². The topological polar surface area (TPSA) is 74.1 Å². The van der Waals surface area contributed by atoms with Crippen molar-refractivity contribution >= 4 is 40.1 Å². The summed E-state index contributed by atoms with van der Waals surface area (Å²) in [6, 6.07) is 19.6. The lowest BCUT2D eigenvalue weighted by Crippen LogP contribution is -2.25. The normalized spacial score (nSPS) is 19.3. The number of nitrogens with one attached hydrogen (secondary N) is 1. The summed E-state index contributed by atoms with van der Waals surface area (Å²) in [5, 5.41) is 8.79. The predicted molar refractivity (Wildman–Crippen MR) is 137 cm³/mol. The number of hydrogen-bond donors (Lipinski definition) is 1. The molecule has 36 heavy (non-hydrogen) atoms. The van der Waals surface area contributed by atoms with Crippen LogP contribution in [0.25, 0.3) is 0 Å². The summed E-state index contributed by atoms with van der Waals surface area (Å²) < 4.78 is 26.9. The second kappa shape index (κ2) is 10.0. The molecule has 0 aliphatic carbocycles. The lowest BCUT2D eigenvalue weighted by Gasteiger charge is -2.23. The van der Waals surface area contributed by atoms with Gasteiger partial charge < -0.3 is 5.32 Å². The van der Waals surface area contributed by atoms with Gasteiger partial charge in [-0.15, -0.1) is 0 Å². The molecule has 3 aromatic carbocycles. The van der Waals surface area contributed by atoms with E-state index in [9.17, 15) is 18.4 Å². The summed E-state index contributed by atoms with van der Waals surface area (Å²) in [7, 11) is 0. The standard InChI is InChI=1S/C27H22F2N4O2S/c1-16-5-7-18(8-6-16)23-14-22(17-9-11-19(28)12-10-17)32-33(23)27-31-26(35)24(36-27)15-25(34)30-21-4-2-3-20(29)13-21/h2-13,23-24H,14-15H2,1H3,(H,30,34)/t23-,24+/m0/s1. The molecule has 9 heteroatoms. The van der Waals surface area contributed by atoms with E-state index in [-0.39, 0.29) is 18.3 Å². The van der Waals surface area contributed by atoms with E-state index >= 15 is 0 Å². The number of nitrogens with zero attached hydrogens (tertiary/aromatic N) is 3. The molecule has 2 aliphatic rings. The van der Waals surface area contributed by atoms with Crippen molar-refractivity contribution in [3.63, 3.8) is 0 Å². The van der Waals surface area contributed by atoms with Crippen LogP contribution >= 0.6 is 11.8 Å². The molecule has 0 fully saturated rings. The molecule has 0 saturated carbocycles. The zero-order chi connectivity index (χ0) is 25.2. The Balaban J connectivity index is 1.35. The molecule has 0 spiro atoms. The number of rotatable bonds is 5. The van der Waals surface area contributed by atoms with Crippen LogP contribution in [0.1, 0.15) is 35.6 Å². The fourth-order valence-corrected chi connectivity index (χ4v) is 5.16. The highest BCUT2D eigenvalue weighted by Gasteiger charge is 2.39. The van der Waals surface area contributed by atoms with Gasteiger partial charge >= 0.3 is 0 Å². The Morgan fingerprint density at radius 3 is 2.53 bits per heavy atom. The van der Waals surface area contributed by atoms with Crippen LogP contribution in [0.4, 0.5) is 14.5 Å². The third kappa shape index (κ3) is 5.21. The predicted octanol–water partition coefficient (Wildman–Crippen LogP) is 5.45. The molecule has 0 radical (unpaired) electrons. The van der Waals surface area contributed by atoms with Crippen molar-refractivity contribution in [2.45, 2.75) is 31.1 Å². The number of anilines is 1. The van der Waals surface area contributed by atoms with Gasteiger partial charge in [-0.2, -0.15) is 10.1 Å². The van der Waals surface area contributed by atoms with Crippen LogP contribution in [0, 0.1) is 18.6 Å². The molecule has 6 nitrogen and oxygen atoms in total. The minimum Gasteiger partial charge on any atom is -0.326 e. The van der Waals surface area contributed by atoms with Crippen LogP contribution < -0.4 is 5.32 Å². The second-order valence-electron chi connectivity index (χ2n) is 8.63. The Hall–Kier alpha value is -3.85. The first kappa shape index (κ1) is 23.9. The van der Waals surface area contributed by atoms with Gasteiger partial charge in [0.25, 0.3) is 5.91 Å². The van der Waals surface area contributed by atoms with Gasteiger partial charge in [0.05, 0.1) is 11.8 Å². The first-order valence-electron chi connectivity index (χ1n) is 11.4. The number of hydrazone groups is 1. The first-order valence-corrected chi connectivity index (χ1v) is 12.3. The SMILES string of the molecule is Cc1ccc([C@@H]2CC(c3ccc(F)cc3)=NN2C2=NC(=O)[C@@H](CC(=O)Nc3cccc(F)c3)S2)cc1. The fraction of sp³-hybridized carbons (Fsp3) is 0.185. The molecule has 0 aromatic heterocycles. The third-order valence-electron chi connectivity index (χ3n) is 5.95. The Morgan fingerprint density at radius 1 is 1.06 bits per heavy atom. The second-order valence-corrected chi connectivity index (χ2v) is 9.80. The summed E-state index contributed by atoms with van der Waals surface area (Å²) >= 11 is 1.18. The molecule has 2 aliphatic heterocycles. The molecule has 2 heterocycles. The van der Waals surface area contributed by atoms with Crippen molar-refractivity contribution in [2.75, 3.05) is 5.32 Å². The van der Waals surface area contributed by atoms with Crippen LogP contribution in [0.2, 0.25) is 0 Å². The van der Waals surface area contributed by atoms with E-state index < -0.39 is 22.9 Å². The molecular formula is C27H22F2N4O2S. The lowest BCUT2D eigenvalue weighted by molar-refractivity contribution is -0.121. The van der Waals surface area contributed by atoms with Crippen molar-refractivity contribution in [3.8, 4) is 0 Å².